The quantitative estimate of drug-likeness (QED) is 0.506. The zero-order valence-corrected chi connectivity index (χ0v) is 16.5. The number of hydrogen-bond acceptors (Lipinski definition) is 7. The van der Waals surface area contributed by atoms with Gasteiger partial charge in [0.25, 0.3) is 5.91 Å². The van der Waals surface area contributed by atoms with E-state index < -0.39 is 0 Å². The van der Waals surface area contributed by atoms with Gasteiger partial charge in [0.1, 0.15) is 11.3 Å². The molecule has 0 spiro atoms. The number of benzene rings is 1. The highest BCUT2D eigenvalue weighted by atomic mass is 32.1. The van der Waals surface area contributed by atoms with Crippen LogP contribution in [-0.4, -0.2) is 28.1 Å². The summed E-state index contributed by atoms with van der Waals surface area (Å²) >= 11 is 1.43. The highest BCUT2D eigenvalue weighted by molar-refractivity contribution is 7.22. The SMILES string of the molecule is COc1ccc(C)c2sc(N(Cc3ccccn3)C(=O)c3cc(C)no3)nc12. The van der Waals surface area contributed by atoms with Crippen LogP contribution in [0, 0.1) is 13.8 Å². The van der Waals surface area contributed by atoms with E-state index in [1.54, 1.807) is 31.2 Å². The van der Waals surface area contributed by atoms with Crippen molar-refractivity contribution in [1.29, 1.82) is 0 Å². The van der Waals surface area contributed by atoms with E-state index in [4.69, 9.17) is 14.2 Å². The first kappa shape index (κ1) is 18.1. The number of amides is 1. The van der Waals surface area contributed by atoms with Crippen molar-refractivity contribution < 1.29 is 14.1 Å². The highest BCUT2D eigenvalue weighted by Gasteiger charge is 2.26. The zero-order valence-electron chi connectivity index (χ0n) is 15.7. The summed E-state index contributed by atoms with van der Waals surface area (Å²) < 4.78 is 11.6. The van der Waals surface area contributed by atoms with Crippen LogP contribution in [0.5, 0.6) is 5.75 Å². The van der Waals surface area contributed by atoms with E-state index in [9.17, 15) is 4.79 Å². The number of pyridine rings is 1. The first-order valence-corrected chi connectivity index (χ1v) is 9.47. The Morgan fingerprint density at radius 1 is 1.25 bits per heavy atom. The van der Waals surface area contributed by atoms with Gasteiger partial charge in [-0.15, -0.1) is 0 Å². The molecule has 4 aromatic rings. The van der Waals surface area contributed by atoms with Crippen LogP contribution >= 0.6 is 11.3 Å². The normalized spacial score (nSPS) is 11.0. The summed E-state index contributed by atoms with van der Waals surface area (Å²) in [5.74, 6) is 0.516. The highest BCUT2D eigenvalue weighted by Crippen LogP contribution is 2.37. The van der Waals surface area contributed by atoms with Gasteiger partial charge >= 0.3 is 0 Å². The number of aryl methyl sites for hydroxylation is 2. The third-order valence-electron chi connectivity index (χ3n) is 4.27. The summed E-state index contributed by atoms with van der Waals surface area (Å²) in [7, 11) is 1.61. The van der Waals surface area contributed by atoms with E-state index in [2.05, 4.69) is 10.1 Å². The molecular formula is C20H18N4O3S. The summed E-state index contributed by atoms with van der Waals surface area (Å²) in [6.45, 7) is 4.05. The van der Waals surface area contributed by atoms with Crippen molar-refractivity contribution in [2.24, 2.45) is 0 Å². The molecule has 0 atom stereocenters. The average Bonchev–Trinajstić information content (AvgIpc) is 3.34. The topological polar surface area (TPSA) is 81.4 Å². The molecule has 1 amide bonds. The van der Waals surface area contributed by atoms with Gasteiger partial charge in [-0.05, 0) is 37.6 Å². The van der Waals surface area contributed by atoms with Crippen LogP contribution in [0.4, 0.5) is 5.13 Å². The molecule has 0 N–H and O–H groups in total. The minimum atomic E-state index is -0.318. The average molecular weight is 394 g/mol. The van der Waals surface area contributed by atoms with Gasteiger partial charge in [-0.2, -0.15) is 0 Å². The van der Waals surface area contributed by atoms with E-state index in [-0.39, 0.29) is 18.2 Å². The van der Waals surface area contributed by atoms with E-state index in [1.165, 1.54) is 11.3 Å². The largest absolute Gasteiger partial charge is 0.494 e. The molecule has 0 fully saturated rings. The van der Waals surface area contributed by atoms with Crippen LogP contribution in [-0.2, 0) is 6.54 Å². The fourth-order valence-electron chi connectivity index (χ4n) is 2.86. The third kappa shape index (κ3) is 3.34. The van der Waals surface area contributed by atoms with Gasteiger partial charge in [0.05, 0.1) is 29.7 Å². The van der Waals surface area contributed by atoms with E-state index in [0.717, 1.165) is 21.5 Å². The lowest BCUT2D eigenvalue weighted by Crippen LogP contribution is -2.30. The smallest absolute Gasteiger partial charge is 0.299 e. The maximum Gasteiger partial charge on any atom is 0.299 e. The Hall–Kier alpha value is -3.26. The van der Waals surface area contributed by atoms with Gasteiger partial charge in [-0.1, -0.05) is 28.6 Å². The standard InChI is InChI=1S/C20H18N4O3S/c1-12-7-8-15(26-3)17-18(12)28-20(22-17)24(11-14-6-4-5-9-21-14)19(25)16-10-13(2)23-27-16/h4-10H,11H2,1-3H3. The molecule has 3 aromatic heterocycles. The van der Waals surface area contributed by atoms with E-state index in [0.29, 0.717) is 16.6 Å². The molecular weight excluding hydrogens is 376 g/mol. The van der Waals surface area contributed by atoms with Gasteiger partial charge in [-0.25, -0.2) is 4.98 Å². The first-order chi connectivity index (χ1) is 13.6. The Labute approximate surface area is 165 Å². The van der Waals surface area contributed by atoms with Crippen LogP contribution in [0.25, 0.3) is 10.2 Å². The molecule has 0 unspecified atom stereocenters. The summed E-state index contributed by atoms with van der Waals surface area (Å²) in [6, 6.07) is 11.1. The molecule has 0 saturated heterocycles. The van der Waals surface area contributed by atoms with Gasteiger partial charge in [0.15, 0.2) is 5.13 Å². The number of anilines is 1. The number of aromatic nitrogens is 3. The molecule has 4 rings (SSSR count). The fraction of sp³-hybridized carbons (Fsp3) is 0.200. The summed E-state index contributed by atoms with van der Waals surface area (Å²) in [6.07, 6.45) is 1.70. The van der Waals surface area contributed by atoms with E-state index >= 15 is 0 Å². The van der Waals surface area contributed by atoms with Crippen LogP contribution in [0.3, 0.4) is 0 Å². The van der Waals surface area contributed by atoms with Gasteiger partial charge in [0.2, 0.25) is 5.76 Å². The number of methoxy groups -OCH3 is 1. The summed E-state index contributed by atoms with van der Waals surface area (Å²) in [5, 5.41) is 4.38. The molecule has 0 saturated carbocycles. The van der Waals surface area contributed by atoms with Gasteiger partial charge in [-0.3, -0.25) is 14.7 Å². The lowest BCUT2D eigenvalue weighted by Gasteiger charge is -2.17. The molecule has 7 nitrogen and oxygen atoms in total. The first-order valence-electron chi connectivity index (χ1n) is 8.66. The lowest BCUT2D eigenvalue weighted by molar-refractivity contribution is 0.0949. The molecule has 0 aliphatic carbocycles. The predicted molar refractivity (Wildman–Crippen MR) is 107 cm³/mol. The molecule has 0 aliphatic heterocycles. The molecule has 0 bridgehead atoms. The Kier molecular flexibility index (Phi) is 4.79. The minimum Gasteiger partial charge on any atom is -0.494 e. The number of thiazole rings is 1. The number of fused-ring (bicyclic) bond motifs is 1. The Bertz CT molecular complexity index is 1140. The van der Waals surface area contributed by atoms with Gasteiger partial charge in [0, 0.05) is 12.3 Å². The van der Waals surface area contributed by atoms with E-state index in [1.807, 2.05) is 37.3 Å². The van der Waals surface area contributed by atoms with Crippen LogP contribution in [0.15, 0.2) is 47.1 Å². The molecule has 0 radical (unpaired) electrons. The predicted octanol–water partition coefficient (Wildman–Crippen LogP) is 4.15. The van der Waals surface area contributed by atoms with Crippen molar-refractivity contribution in [3.63, 3.8) is 0 Å². The lowest BCUT2D eigenvalue weighted by atomic mass is 10.2. The molecule has 8 heteroatoms. The maximum atomic E-state index is 13.2. The number of hydrogen-bond donors (Lipinski definition) is 0. The van der Waals surface area contributed by atoms with Crippen molar-refractivity contribution in [2.75, 3.05) is 12.0 Å². The molecule has 0 aliphatic rings. The second-order valence-electron chi connectivity index (χ2n) is 6.30. The van der Waals surface area contributed by atoms with Gasteiger partial charge < -0.3 is 9.26 Å². The molecule has 28 heavy (non-hydrogen) atoms. The number of nitrogens with zero attached hydrogens (tertiary/aromatic N) is 4. The van der Waals surface area contributed by atoms with Crippen molar-refractivity contribution in [1.82, 2.24) is 15.1 Å². The monoisotopic (exact) mass is 394 g/mol. The van der Waals surface area contributed by atoms with Crippen molar-refractivity contribution in [3.8, 4) is 5.75 Å². The number of rotatable bonds is 5. The molecule has 142 valence electrons. The zero-order chi connectivity index (χ0) is 19.7. The second kappa shape index (κ2) is 7.40. The number of carbonyl (C=O) groups is 1. The van der Waals surface area contributed by atoms with Crippen molar-refractivity contribution >= 4 is 32.6 Å². The molecule has 1 aromatic carbocycles. The maximum absolute atomic E-state index is 13.2. The Morgan fingerprint density at radius 3 is 2.79 bits per heavy atom. The minimum absolute atomic E-state index is 0.163. The number of carbonyl (C=O) groups excluding carboxylic acids is 1. The van der Waals surface area contributed by atoms with Crippen LogP contribution < -0.4 is 9.64 Å². The summed E-state index contributed by atoms with van der Waals surface area (Å²) in [5.41, 5.74) is 3.19. The molecule has 3 heterocycles. The Balaban J connectivity index is 1.82. The fourth-order valence-corrected chi connectivity index (χ4v) is 3.91. The Morgan fingerprint density at radius 2 is 2.11 bits per heavy atom. The number of ether oxygens (including phenoxy) is 1. The van der Waals surface area contributed by atoms with Crippen LogP contribution in [0.1, 0.15) is 27.5 Å². The third-order valence-corrected chi connectivity index (χ3v) is 5.49. The van der Waals surface area contributed by atoms with Crippen molar-refractivity contribution in [3.05, 3.63) is 65.3 Å². The summed E-state index contributed by atoms with van der Waals surface area (Å²) in [4.78, 5) is 23.8. The second-order valence-corrected chi connectivity index (χ2v) is 7.28. The van der Waals surface area contributed by atoms with Crippen molar-refractivity contribution in [2.45, 2.75) is 20.4 Å². The van der Waals surface area contributed by atoms with Crippen LogP contribution in [0.2, 0.25) is 0 Å².